The Hall–Kier alpha value is -2.34. The van der Waals surface area contributed by atoms with Crippen LogP contribution in [0.1, 0.15) is 36.8 Å². The van der Waals surface area contributed by atoms with E-state index >= 15 is 0 Å². The van der Waals surface area contributed by atoms with Gasteiger partial charge in [0.15, 0.2) is 0 Å². The highest BCUT2D eigenvalue weighted by atomic mass is 16.6. The Morgan fingerprint density at radius 3 is 2.45 bits per heavy atom. The summed E-state index contributed by atoms with van der Waals surface area (Å²) in [6, 6.07) is 6.66. The third-order valence-electron chi connectivity index (χ3n) is 3.02. The number of ether oxygens (including phenoxy) is 2. The summed E-state index contributed by atoms with van der Waals surface area (Å²) in [5.41, 5.74) is 0.505. The molecule has 0 radical (unpaired) electrons. The SMILES string of the molecule is COC(=O)c1cc2ccc(CO)cc2n1C(=O)OC(C)(C)C. The van der Waals surface area contributed by atoms with Gasteiger partial charge in [-0.25, -0.2) is 14.2 Å². The van der Waals surface area contributed by atoms with Crippen LogP contribution in [0.2, 0.25) is 0 Å². The molecule has 2 rings (SSSR count). The molecule has 0 aliphatic heterocycles. The minimum Gasteiger partial charge on any atom is -0.464 e. The van der Waals surface area contributed by atoms with Gasteiger partial charge >= 0.3 is 12.1 Å². The molecule has 0 atom stereocenters. The Morgan fingerprint density at radius 2 is 1.91 bits per heavy atom. The molecule has 1 aromatic carbocycles. The number of aromatic nitrogens is 1. The molecule has 6 heteroatoms. The van der Waals surface area contributed by atoms with Crippen LogP contribution in [0.4, 0.5) is 4.79 Å². The number of aliphatic hydroxyl groups is 1. The quantitative estimate of drug-likeness (QED) is 0.863. The molecule has 0 fully saturated rings. The van der Waals surface area contributed by atoms with E-state index in [0.717, 1.165) is 0 Å². The largest absolute Gasteiger partial charge is 0.464 e. The van der Waals surface area contributed by atoms with Crippen molar-refractivity contribution in [2.75, 3.05) is 7.11 Å². The lowest BCUT2D eigenvalue weighted by Gasteiger charge is -2.20. The number of rotatable bonds is 2. The smallest absolute Gasteiger partial charge is 0.419 e. The third kappa shape index (κ3) is 3.12. The van der Waals surface area contributed by atoms with Crippen LogP contribution in [0.25, 0.3) is 10.9 Å². The van der Waals surface area contributed by atoms with Crippen LogP contribution in [-0.4, -0.2) is 34.4 Å². The molecular formula is C16H19NO5. The minimum absolute atomic E-state index is 0.0850. The van der Waals surface area contributed by atoms with Crippen molar-refractivity contribution in [2.45, 2.75) is 33.0 Å². The zero-order chi connectivity index (χ0) is 16.5. The number of benzene rings is 1. The first kappa shape index (κ1) is 16.0. The summed E-state index contributed by atoms with van der Waals surface area (Å²) < 4.78 is 11.3. The van der Waals surface area contributed by atoms with Crippen LogP contribution in [0.3, 0.4) is 0 Å². The monoisotopic (exact) mass is 305 g/mol. The number of nitrogens with zero attached hydrogens (tertiary/aromatic N) is 1. The van der Waals surface area contributed by atoms with Crippen molar-refractivity contribution < 1.29 is 24.2 Å². The van der Waals surface area contributed by atoms with E-state index in [1.807, 2.05) is 0 Å². The number of fused-ring (bicyclic) bond motifs is 1. The Kier molecular flexibility index (Phi) is 4.23. The maximum absolute atomic E-state index is 12.4. The van der Waals surface area contributed by atoms with Gasteiger partial charge in [0.25, 0.3) is 0 Å². The number of methoxy groups -OCH3 is 1. The van der Waals surface area contributed by atoms with Gasteiger partial charge in [0.1, 0.15) is 11.3 Å². The molecule has 0 bridgehead atoms. The van der Waals surface area contributed by atoms with Gasteiger partial charge in [-0.15, -0.1) is 0 Å². The number of hydrogen-bond donors (Lipinski definition) is 1. The van der Waals surface area contributed by atoms with Crippen molar-refractivity contribution in [2.24, 2.45) is 0 Å². The van der Waals surface area contributed by atoms with Crippen molar-refractivity contribution >= 4 is 23.0 Å². The van der Waals surface area contributed by atoms with Crippen LogP contribution in [0, 0.1) is 0 Å². The van der Waals surface area contributed by atoms with Crippen LogP contribution < -0.4 is 0 Å². The second-order valence-corrected chi connectivity index (χ2v) is 5.89. The molecular weight excluding hydrogens is 286 g/mol. The Labute approximate surface area is 128 Å². The first-order chi connectivity index (χ1) is 10.3. The van der Waals surface area contributed by atoms with Crippen molar-refractivity contribution in [3.63, 3.8) is 0 Å². The molecule has 0 aliphatic rings. The molecule has 1 N–H and O–H groups in total. The lowest BCUT2D eigenvalue weighted by Crippen LogP contribution is -2.29. The van der Waals surface area contributed by atoms with Crippen molar-refractivity contribution in [3.05, 3.63) is 35.5 Å². The molecule has 0 unspecified atom stereocenters. The summed E-state index contributed by atoms with van der Waals surface area (Å²) in [6.07, 6.45) is -0.669. The number of carbonyl (C=O) groups is 2. The van der Waals surface area contributed by atoms with Crippen LogP contribution in [-0.2, 0) is 16.1 Å². The van der Waals surface area contributed by atoms with Gasteiger partial charge in [-0.1, -0.05) is 12.1 Å². The maximum Gasteiger partial charge on any atom is 0.419 e. The molecule has 22 heavy (non-hydrogen) atoms. The molecule has 2 aromatic rings. The highest BCUT2D eigenvalue weighted by molar-refractivity contribution is 6.01. The highest BCUT2D eigenvalue weighted by Gasteiger charge is 2.25. The summed E-state index contributed by atoms with van der Waals surface area (Å²) in [7, 11) is 1.25. The highest BCUT2D eigenvalue weighted by Crippen LogP contribution is 2.24. The van der Waals surface area contributed by atoms with Gasteiger partial charge in [0, 0.05) is 5.39 Å². The molecule has 118 valence electrons. The molecule has 0 spiro atoms. The first-order valence-electron chi connectivity index (χ1n) is 6.83. The van der Waals surface area contributed by atoms with Gasteiger partial charge in [-0.3, -0.25) is 0 Å². The maximum atomic E-state index is 12.4. The van der Waals surface area contributed by atoms with Crippen molar-refractivity contribution in [3.8, 4) is 0 Å². The molecule has 1 aromatic heterocycles. The van der Waals surface area contributed by atoms with Crippen LogP contribution in [0.15, 0.2) is 24.3 Å². The summed E-state index contributed by atoms with van der Waals surface area (Å²) in [4.78, 5) is 24.4. The zero-order valence-corrected chi connectivity index (χ0v) is 13.0. The van der Waals surface area contributed by atoms with Crippen molar-refractivity contribution in [1.82, 2.24) is 4.57 Å². The molecule has 1 heterocycles. The molecule has 0 amide bonds. The predicted octanol–water partition coefficient (Wildman–Crippen LogP) is 2.70. The summed E-state index contributed by atoms with van der Waals surface area (Å²) >= 11 is 0. The van der Waals surface area contributed by atoms with Gasteiger partial charge in [-0.2, -0.15) is 0 Å². The van der Waals surface area contributed by atoms with E-state index in [-0.39, 0.29) is 12.3 Å². The van der Waals surface area contributed by atoms with E-state index in [4.69, 9.17) is 9.47 Å². The van der Waals surface area contributed by atoms with E-state index in [0.29, 0.717) is 16.5 Å². The number of carbonyl (C=O) groups excluding carboxylic acids is 2. The lowest BCUT2D eigenvalue weighted by molar-refractivity contribution is 0.0489. The molecule has 0 saturated heterocycles. The average molecular weight is 305 g/mol. The lowest BCUT2D eigenvalue weighted by atomic mass is 10.2. The first-order valence-corrected chi connectivity index (χ1v) is 6.83. The Morgan fingerprint density at radius 1 is 1.23 bits per heavy atom. The van der Waals surface area contributed by atoms with Crippen LogP contribution in [0.5, 0.6) is 0 Å². The number of esters is 1. The fraction of sp³-hybridized carbons (Fsp3) is 0.375. The minimum atomic E-state index is -0.699. The fourth-order valence-corrected chi connectivity index (χ4v) is 2.10. The summed E-state index contributed by atoms with van der Waals surface area (Å²) in [5.74, 6) is -0.632. The van der Waals surface area contributed by atoms with E-state index in [1.54, 1.807) is 45.0 Å². The second-order valence-electron chi connectivity index (χ2n) is 5.89. The zero-order valence-electron chi connectivity index (χ0n) is 13.0. The summed E-state index contributed by atoms with van der Waals surface area (Å²) in [5, 5.41) is 9.94. The van der Waals surface area contributed by atoms with E-state index in [2.05, 4.69) is 0 Å². The number of hydrogen-bond acceptors (Lipinski definition) is 5. The average Bonchev–Trinajstić information content (AvgIpc) is 2.82. The van der Waals surface area contributed by atoms with Crippen LogP contribution >= 0.6 is 0 Å². The normalized spacial score (nSPS) is 11.5. The third-order valence-corrected chi connectivity index (χ3v) is 3.02. The number of aliphatic hydroxyl groups excluding tert-OH is 1. The van der Waals surface area contributed by atoms with Gasteiger partial charge in [0.05, 0.1) is 19.2 Å². The predicted molar refractivity (Wildman–Crippen MR) is 80.8 cm³/mol. The fourth-order valence-electron chi connectivity index (χ4n) is 2.10. The second kappa shape index (κ2) is 5.81. The topological polar surface area (TPSA) is 77.8 Å². The van der Waals surface area contributed by atoms with E-state index in [1.165, 1.54) is 11.7 Å². The van der Waals surface area contributed by atoms with Gasteiger partial charge in [0.2, 0.25) is 0 Å². The summed E-state index contributed by atoms with van der Waals surface area (Å²) in [6.45, 7) is 5.07. The Balaban J connectivity index is 2.65. The molecule has 6 nitrogen and oxygen atoms in total. The standard InChI is InChI=1S/C16H19NO5/c1-16(2,3)22-15(20)17-12-7-10(9-18)5-6-11(12)8-13(17)14(19)21-4/h5-8,18H,9H2,1-4H3. The molecule has 0 saturated carbocycles. The van der Waals surface area contributed by atoms with E-state index < -0.39 is 17.7 Å². The van der Waals surface area contributed by atoms with Crippen molar-refractivity contribution in [1.29, 1.82) is 0 Å². The van der Waals surface area contributed by atoms with Gasteiger partial charge in [-0.05, 0) is 38.5 Å². The van der Waals surface area contributed by atoms with E-state index in [9.17, 15) is 14.7 Å². The molecule has 0 aliphatic carbocycles. The Bertz CT molecular complexity index is 724. The van der Waals surface area contributed by atoms with Gasteiger partial charge < -0.3 is 14.6 Å².